The van der Waals surface area contributed by atoms with Gasteiger partial charge in [-0.3, -0.25) is 0 Å². The van der Waals surface area contributed by atoms with Gasteiger partial charge in [0, 0.05) is 0 Å². The third kappa shape index (κ3) is 6.94. The quantitative estimate of drug-likeness (QED) is 0.509. The summed E-state index contributed by atoms with van der Waals surface area (Å²) in [6.45, 7) is 2.91. The van der Waals surface area contributed by atoms with E-state index in [0.717, 1.165) is 18.4 Å². The van der Waals surface area contributed by atoms with Crippen LogP contribution in [0.1, 0.15) is 44.6 Å². The number of unbranched alkanes of at least 4 members (excludes halogenated alkanes) is 4. The predicted molar refractivity (Wildman–Crippen MR) is 71.3 cm³/mol. The van der Waals surface area contributed by atoms with Crippen molar-refractivity contribution in [1.82, 2.24) is 0 Å². The first-order valence-corrected chi connectivity index (χ1v) is 6.66. The normalized spacial score (nSPS) is 10.1. The Balaban J connectivity index is 2.01. The Morgan fingerprint density at radius 1 is 1.00 bits per heavy atom. The maximum Gasteiger partial charge on any atom is 0.508 e. The molecule has 0 amide bonds. The highest BCUT2D eigenvalue weighted by molar-refractivity contribution is 5.59. The van der Waals surface area contributed by atoms with Crippen molar-refractivity contribution >= 4 is 6.16 Å². The second-order valence-corrected chi connectivity index (χ2v) is 4.29. The molecular formula is C15H22O3. The van der Waals surface area contributed by atoms with Crippen molar-refractivity contribution in [2.45, 2.75) is 45.6 Å². The first-order valence-electron chi connectivity index (χ1n) is 6.66. The van der Waals surface area contributed by atoms with Crippen molar-refractivity contribution in [3.8, 4) is 0 Å². The third-order valence-corrected chi connectivity index (χ3v) is 2.67. The zero-order chi connectivity index (χ0) is 13.1. The monoisotopic (exact) mass is 250 g/mol. The van der Waals surface area contributed by atoms with Crippen LogP contribution in [0.25, 0.3) is 0 Å². The molecule has 0 aromatic heterocycles. The smallest absolute Gasteiger partial charge is 0.434 e. The van der Waals surface area contributed by atoms with Crippen LogP contribution < -0.4 is 0 Å². The number of rotatable bonds is 8. The van der Waals surface area contributed by atoms with Gasteiger partial charge in [-0.25, -0.2) is 4.79 Å². The van der Waals surface area contributed by atoms with Crippen molar-refractivity contribution in [3.05, 3.63) is 35.9 Å². The number of benzene rings is 1. The highest BCUT2D eigenvalue weighted by atomic mass is 16.7. The van der Waals surface area contributed by atoms with E-state index in [4.69, 9.17) is 9.47 Å². The largest absolute Gasteiger partial charge is 0.508 e. The minimum absolute atomic E-state index is 0.273. The summed E-state index contributed by atoms with van der Waals surface area (Å²) in [6, 6.07) is 9.59. The molecule has 0 aliphatic carbocycles. The van der Waals surface area contributed by atoms with Crippen LogP contribution in [0.5, 0.6) is 0 Å². The molecule has 0 unspecified atom stereocenters. The fourth-order valence-corrected chi connectivity index (χ4v) is 1.62. The molecule has 0 radical (unpaired) electrons. The van der Waals surface area contributed by atoms with Crippen molar-refractivity contribution in [1.29, 1.82) is 0 Å². The Hall–Kier alpha value is -1.51. The summed E-state index contributed by atoms with van der Waals surface area (Å²) in [4.78, 5) is 11.3. The Morgan fingerprint density at radius 2 is 1.72 bits per heavy atom. The fourth-order valence-electron chi connectivity index (χ4n) is 1.62. The van der Waals surface area contributed by atoms with Crippen LogP contribution in [-0.2, 0) is 16.1 Å². The first-order chi connectivity index (χ1) is 8.83. The first kappa shape index (κ1) is 14.6. The lowest BCUT2D eigenvalue weighted by atomic mass is 10.2. The number of ether oxygens (including phenoxy) is 2. The molecule has 18 heavy (non-hydrogen) atoms. The molecule has 0 saturated heterocycles. The van der Waals surface area contributed by atoms with Gasteiger partial charge in [0.1, 0.15) is 6.61 Å². The molecule has 0 heterocycles. The van der Waals surface area contributed by atoms with Crippen LogP contribution in [0.3, 0.4) is 0 Å². The highest BCUT2D eigenvalue weighted by Crippen LogP contribution is 2.04. The molecule has 1 aromatic rings. The van der Waals surface area contributed by atoms with E-state index in [2.05, 4.69) is 6.92 Å². The lowest BCUT2D eigenvalue weighted by molar-refractivity contribution is 0.0487. The minimum Gasteiger partial charge on any atom is -0.434 e. The van der Waals surface area contributed by atoms with Crippen molar-refractivity contribution in [2.75, 3.05) is 6.61 Å². The van der Waals surface area contributed by atoms with E-state index in [1.54, 1.807) is 0 Å². The highest BCUT2D eigenvalue weighted by Gasteiger charge is 2.03. The SMILES string of the molecule is CCCCCCCOC(=O)OCc1ccccc1. The number of carbonyl (C=O) groups excluding carboxylic acids is 1. The Morgan fingerprint density at radius 3 is 2.44 bits per heavy atom. The van der Waals surface area contributed by atoms with Crippen LogP contribution >= 0.6 is 0 Å². The van der Waals surface area contributed by atoms with Gasteiger partial charge >= 0.3 is 6.16 Å². The third-order valence-electron chi connectivity index (χ3n) is 2.67. The molecule has 3 nitrogen and oxygen atoms in total. The van der Waals surface area contributed by atoms with Gasteiger partial charge in [-0.1, -0.05) is 62.9 Å². The predicted octanol–water partition coefficient (Wildman–Crippen LogP) is 4.31. The summed E-state index contributed by atoms with van der Waals surface area (Å²) >= 11 is 0. The average Bonchev–Trinajstić information content (AvgIpc) is 2.41. The van der Waals surface area contributed by atoms with E-state index in [0.29, 0.717) is 6.61 Å². The lowest BCUT2D eigenvalue weighted by Gasteiger charge is -2.06. The Kier molecular flexibility index (Phi) is 7.69. The van der Waals surface area contributed by atoms with Crippen LogP contribution in [-0.4, -0.2) is 12.8 Å². The summed E-state index contributed by atoms with van der Waals surface area (Å²) < 4.78 is 9.98. The van der Waals surface area contributed by atoms with E-state index < -0.39 is 6.16 Å². The van der Waals surface area contributed by atoms with Crippen LogP contribution in [0.4, 0.5) is 4.79 Å². The van der Waals surface area contributed by atoms with Gasteiger partial charge < -0.3 is 9.47 Å². The van der Waals surface area contributed by atoms with E-state index in [-0.39, 0.29) is 6.61 Å². The minimum atomic E-state index is -0.575. The summed E-state index contributed by atoms with van der Waals surface area (Å²) in [5.41, 5.74) is 0.970. The van der Waals surface area contributed by atoms with Crippen LogP contribution in [0, 0.1) is 0 Å². The second-order valence-electron chi connectivity index (χ2n) is 4.29. The molecule has 1 rings (SSSR count). The van der Waals surface area contributed by atoms with Gasteiger partial charge in [0.15, 0.2) is 0 Å². The molecule has 0 fully saturated rings. The van der Waals surface area contributed by atoms with Gasteiger partial charge in [-0.05, 0) is 12.0 Å². The van der Waals surface area contributed by atoms with Crippen LogP contribution in [0.2, 0.25) is 0 Å². The maximum atomic E-state index is 11.3. The molecule has 0 N–H and O–H groups in total. The lowest BCUT2D eigenvalue weighted by Crippen LogP contribution is -2.08. The molecular weight excluding hydrogens is 228 g/mol. The van der Waals surface area contributed by atoms with E-state index in [1.807, 2.05) is 30.3 Å². The van der Waals surface area contributed by atoms with Gasteiger partial charge in [-0.2, -0.15) is 0 Å². The van der Waals surface area contributed by atoms with E-state index in [9.17, 15) is 4.79 Å². The Labute approximate surface area is 109 Å². The van der Waals surface area contributed by atoms with E-state index in [1.165, 1.54) is 19.3 Å². The summed E-state index contributed by atoms with van der Waals surface area (Å²) in [5, 5.41) is 0. The molecule has 100 valence electrons. The molecule has 0 aliphatic heterocycles. The average molecular weight is 250 g/mol. The molecule has 3 heteroatoms. The summed E-state index contributed by atoms with van der Waals surface area (Å²) in [6.07, 6.45) is 5.13. The molecule has 0 atom stereocenters. The molecule has 1 aromatic carbocycles. The standard InChI is InChI=1S/C15H22O3/c1-2-3-4-5-9-12-17-15(16)18-13-14-10-7-6-8-11-14/h6-8,10-11H,2-5,9,12-13H2,1H3. The van der Waals surface area contributed by atoms with Crippen molar-refractivity contribution < 1.29 is 14.3 Å². The zero-order valence-corrected chi connectivity index (χ0v) is 11.1. The zero-order valence-electron chi connectivity index (χ0n) is 11.1. The summed E-state index contributed by atoms with van der Waals surface area (Å²) in [5.74, 6) is 0. The number of hydrogen-bond donors (Lipinski definition) is 0. The summed E-state index contributed by atoms with van der Waals surface area (Å²) in [7, 11) is 0. The number of hydrogen-bond acceptors (Lipinski definition) is 3. The topological polar surface area (TPSA) is 35.5 Å². The van der Waals surface area contributed by atoms with Crippen LogP contribution in [0.15, 0.2) is 30.3 Å². The van der Waals surface area contributed by atoms with Crippen molar-refractivity contribution in [3.63, 3.8) is 0 Å². The van der Waals surface area contributed by atoms with Gasteiger partial charge in [-0.15, -0.1) is 0 Å². The molecule has 0 aliphatic rings. The Bertz CT molecular complexity index is 322. The van der Waals surface area contributed by atoms with Gasteiger partial charge in [0.2, 0.25) is 0 Å². The number of carbonyl (C=O) groups is 1. The van der Waals surface area contributed by atoms with E-state index >= 15 is 0 Å². The maximum absolute atomic E-state index is 11.3. The molecule has 0 spiro atoms. The van der Waals surface area contributed by atoms with Crippen molar-refractivity contribution in [2.24, 2.45) is 0 Å². The fraction of sp³-hybridized carbons (Fsp3) is 0.533. The second kappa shape index (κ2) is 9.51. The molecule has 0 bridgehead atoms. The molecule has 0 saturated carbocycles. The van der Waals surface area contributed by atoms with Gasteiger partial charge in [0.05, 0.1) is 6.61 Å². The van der Waals surface area contributed by atoms with Gasteiger partial charge in [0.25, 0.3) is 0 Å².